The number of carbonyl (C=O) groups excluding carboxylic acids is 1. The summed E-state index contributed by atoms with van der Waals surface area (Å²) in [5.41, 5.74) is -0.173. The zero-order valence-corrected chi connectivity index (χ0v) is 14.5. The Balaban J connectivity index is 1.65. The summed E-state index contributed by atoms with van der Waals surface area (Å²) in [5.74, 6) is -1.55. The topological polar surface area (TPSA) is 142 Å². The lowest BCUT2D eigenvalue weighted by molar-refractivity contribution is -0.386. The minimum Gasteiger partial charge on any atom is -0.464 e. The fourth-order valence-electron chi connectivity index (χ4n) is 2.31. The molecule has 0 aliphatic heterocycles. The molecule has 0 fully saturated rings. The van der Waals surface area contributed by atoms with Gasteiger partial charge in [-0.25, -0.2) is 9.07 Å². The van der Waals surface area contributed by atoms with Gasteiger partial charge in [-0.05, 0) is 24.3 Å². The first-order valence-electron chi connectivity index (χ1n) is 7.99. The standard InChI is InChI=1S/C17H12FN5O6/c18-11-1-6-15(23(27)28)16(9-11)29-10-21-8-7-14(20-21)17(24)19-12-2-4-13(5-3-12)22(25)26/h1-9H,10H2,(H,19,24). The van der Waals surface area contributed by atoms with Crippen LogP contribution in [0.25, 0.3) is 0 Å². The molecule has 0 spiro atoms. The molecule has 148 valence electrons. The lowest BCUT2D eigenvalue weighted by Crippen LogP contribution is -2.14. The highest BCUT2D eigenvalue weighted by Crippen LogP contribution is 2.27. The zero-order chi connectivity index (χ0) is 21.0. The van der Waals surface area contributed by atoms with Crippen molar-refractivity contribution in [3.63, 3.8) is 0 Å². The number of non-ortho nitro benzene ring substituents is 1. The summed E-state index contributed by atoms with van der Waals surface area (Å²) in [7, 11) is 0. The van der Waals surface area contributed by atoms with Crippen LogP contribution in [0.15, 0.2) is 54.7 Å². The maximum absolute atomic E-state index is 13.3. The summed E-state index contributed by atoms with van der Waals surface area (Å²) in [5, 5.41) is 28.1. The van der Waals surface area contributed by atoms with Crippen molar-refractivity contribution in [2.24, 2.45) is 0 Å². The molecule has 12 heteroatoms. The summed E-state index contributed by atoms with van der Waals surface area (Å²) in [4.78, 5) is 32.5. The number of benzene rings is 2. The molecule has 3 aromatic rings. The number of hydrogen-bond donors (Lipinski definition) is 1. The smallest absolute Gasteiger partial charge is 0.311 e. The van der Waals surface area contributed by atoms with Crippen molar-refractivity contribution >= 4 is 23.0 Å². The van der Waals surface area contributed by atoms with Gasteiger partial charge in [0.05, 0.1) is 9.85 Å². The summed E-state index contributed by atoms with van der Waals surface area (Å²) < 4.78 is 19.7. The Morgan fingerprint density at radius 3 is 2.48 bits per heavy atom. The van der Waals surface area contributed by atoms with Crippen LogP contribution in [0.1, 0.15) is 10.5 Å². The lowest BCUT2D eigenvalue weighted by Gasteiger charge is -2.07. The second kappa shape index (κ2) is 8.12. The fraction of sp³-hybridized carbons (Fsp3) is 0.0588. The van der Waals surface area contributed by atoms with E-state index in [1.54, 1.807) is 0 Å². The van der Waals surface area contributed by atoms with Crippen LogP contribution in [0, 0.1) is 26.0 Å². The monoisotopic (exact) mass is 401 g/mol. The molecule has 0 unspecified atom stereocenters. The number of nitro benzene ring substituents is 2. The van der Waals surface area contributed by atoms with E-state index in [0.717, 1.165) is 18.2 Å². The number of nitro groups is 2. The molecule has 0 radical (unpaired) electrons. The van der Waals surface area contributed by atoms with Crippen molar-refractivity contribution < 1.29 is 23.8 Å². The highest BCUT2D eigenvalue weighted by Gasteiger charge is 2.17. The number of nitrogens with zero attached hydrogens (tertiary/aromatic N) is 4. The molecule has 0 aliphatic carbocycles. The molecular weight excluding hydrogens is 389 g/mol. The Kier molecular flexibility index (Phi) is 5.44. The van der Waals surface area contributed by atoms with Gasteiger partial charge in [-0.1, -0.05) is 0 Å². The molecule has 0 atom stereocenters. The van der Waals surface area contributed by atoms with Crippen molar-refractivity contribution in [1.82, 2.24) is 9.78 Å². The van der Waals surface area contributed by atoms with Crippen LogP contribution in [-0.2, 0) is 6.73 Å². The Morgan fingerprint density at radius 1 is 1.10 bits per heavy atom. The SMILES string of the molecule is O=C(Nc1ccc([N+](=O)[O-])cc1)c1ccn(COc2cc(F)ccc2[N+](=O)[O-])n1. The van der Waals surface area contributed by atoms with Crippen molar-refractivity contribution in [2.75, 3.05) is 5.32 Å². The molecule has 0 saturated heterocycles. The van der Waals surface area contributed by atoms with Crippen LogP contribution in [0.4, 0.5) is 21.5 Å². The predicted octanol–water partition coefficient (Wildman–Crippen LogP) is 3.13. The van der Waals surface area contributed by atoms with E-state index in [-0.39, 0.29) is 23.9 Å². The van der Waals surface area contributed by atoms with Crippen molar-refractivity contribution in [2.45, 2.75) is 6.73 Å². The molecular formula is C17H12FN5O6. The largest absolute Gasteiger partial charge is 0.464 e. The maximum Gasteiger partial charge on any atom is 0.311 e. The van der Waals surface area contributed by atoms with Crippen molar-refractivity contribution in [3.8, 4) is 5.75 Å². The Bertz CT molecular complexity index is 1080. The molecule has 1 N–H and O–H groups in total. The van der Waals surface area contributed by atoms with Crippen molar-refractivity contribution in [1.29, 1.82) is 0 Å². The van der Waals surface area contributed by atoms with Gasteiger partial charge >= 0.3 is 5.69 Å². The lowest BCUT2D eigenvalue weighted by atomic mass is 10.3. The van der Waals surface area contributed by atoms with E-state index >= 15 is 0 Å². The molecule has 2 aromatic carbocycles. The first-order valence-corrected chi connectivity index (χ1v) is 7.99. The molecule has 29 heavy (non-hydrogen) atoms. The number of aromatic nitrogens is 2. The van der Waals surface area contributed by atoms with E-state index in [0.29, 0.717) is 5.69 Å². The van der Waals surface area contributed by atoms with Gasteiger partial charge in [-0.2, -0.15) is 5.10 Å². The predicted molar refractivity (Wildman–Crippen MR) is 97.0 cm³/mol. The fourth-order valence-corrected chi connectivity index (χ4v) is 2.31. The first-order chi connectivity index (χ1) is 13.8. The normalized spacial score (nSPS) is 10.4. The van der Waals surface area contributed by atoms with Crippen LogP contribution >= 0.6 is 0 Å². The van der Waals surface area contributed by atoms with Gasteiger partial charge in [0, 0.05) is 36.1 Å². The number of amides is 1. The molecule has 11 nitrogen and oxygen atoms in total. The number of rotatable bonds is 7. The van der Waals surface area contributed by atoms with Crippen LogP contribution in [0.2, 0.25) is 0 Å². The number of nitrogens with one attached hydrogen (secondary N) is 1. The van der Waals surface area contributed by atoms with Gasteiger partial charge in [0.1, 0.15) is 5.82 Å². The molecule has 0 saturated carbocycles. The minimum absolute atomic E-state index is 0.0145. The van der Waals surface area contributed by atoms with Crippen molar-refractivity contribution in [3.05, 3.63) is 86.5 Å². The quantitative estimate of drug-likeness (QED) is 0.473. The average molecular weight is 401 g/mol. The molecule has 1 heterocycles. The third-order valence-electron chi connectivity index (χ3n) is 3.68. The Morgan fingerprint density at radius 2 is 1.83 bits per heavy atom. The van der Waals surface area contributed by atoms with E-state index < -0.39 is 27.3 Å². The van der Waals surface area contributed by atoms with Crippen LogP contribution in [0.3, 0.4) is 0 Å². The van der Waals surface area contributed by atoms with Crippen LogP contribution < -0.4 is 10.1 Å². The van der Waals surface area contributed by atoms with Crippen LogP contribution in [-0.4, -0.2) is 25.5 Å². The highest BCUT2D eigenvalue weighted by molar-refractivity contribution is 6.02. The summed E-state index contributed by atoms with van der Waals surface area (Å²) in [6.07, 6.45) is 1.40. The molecule has 0 bridgehead atoms. The molecule has 1 amide bonds. The highest BCUT2D eigenvalue weighted by atomic mass is 19.1. The molecule has 3 rings (SSSR count). The van der Waals surface area contributed by atoms with E-state index in [9.17, 15) is 29.4 Å². The number of halogens is 1. The second-order valence-corrected chi connectivity index (χ2v) is 5.64. The average Bonchev–Trinajstić information content (AvgIpc) is 3.16. The third kappa shape index (κ3) is 4.68. The van der Waals surface area contributed by atoms with Gasteiger partial charge < -0.3 is 10.1 Å². The zero-order valence-electron chi connectivity index (χ0n) is 14.5. The van der Waals surface area contributed by atoms with E-state index in [1.165, 1.54) is 41.2 Å². The van der Waals surface area contributed by atoms with E-state index in [1.807, 2.05) is 0 Å². The maximum atomic E-state index is 13.3. The number of anilines is 1. The van der Waals surface area contributed by atoms with E-state index in [2.05, 4.69) is 10.4 Å². The number of carbonyl (C=O) groups is 1. The molecule has 0 aliphatic rings. The third-order valence-corrected chi connectivity index (χ3v) is 3.68. The minimum atomic E-state index is -0.707. The number of ether oxygens (including phenoxy) is 1. The van der Waals surface area contributed by atoms with Crippen LogP contribution in [0.5, 0.6) is 5.75 Å². The summed E-state index contributed by atoms with van der Waals surface area (Å²) >= 11 is 0. The first kappa shape index (κ1) is 19.4. The van der Waals surface area contributed by atoms with Gasteiger partial charge in [-0.3, -0.25) is 25.0 Å². The van der Waals surface area contributed by atoms with Gasteiger partial charge in [0.2, 0.25) is 5.75 Å². The second-order valence-electron chi connectivity index (χ2n) is 5.64. The van der Waals surface area contributed by atoms with Gasteiger partial charge in [0.15, 0.2) is 12.4 Å². The summed E-state index contributed by atoms with van der Waals surface area (Å²) in [6, 6.07) is 9.42. The Hall–Kier alpha value is -4.35. The van der Waals surface area contributed by atoms with Gasteiger partial charge in [0.25, 0.3) is 11.6 Å². The van der Waals surface area contributed by atoms with E-state index in [4.69, 9.17) is 4.74 Å². The Labute approximate surface area is 161 Å². The number of hydrogen-bond acceptors (Lipinski definition) is 7. The summed E-state index contributed by atoms with van der Waals surface area (Å²) in [6.45, 7) is -0.297. The van der Waals surface area contributed by atoms with Gasteiger partial charge in [-0.15, -0.1) is 0 Å². The molecule has 1 aromatic heterocycles.